The van der Waals surface area contributed by atoms with Gasteiger partial charge in [-0.25, -0.2) is 0 Å². The molecule has 12 heavy (non-hydrogen) atoms. The zero-order chi connectivity index (χ0) is 8.55. The highest BCUT2D eigenvalue weighted by molar-refractivity contribution is 9.10. The quantitative estimate of drug-likeness (QED) is 0.674. The van der Waals surface area contributed by atoms with Gasteiger partial charge in [-0.1, -0.05) is 22.3 Å². The predicted octanol–water partition coefficient (Wildman–Crippen LogP) is 2.86. The van der Waals surface area contributed by atoms with Crippen LogP contribution in [0.5, 0.6) is 0 Å². The SMILES string of the molecule is [B]Cc1coc2ccc(Br)cc12. The van der Waals surface area contributed by atoms with Crippen molar-refractivity contribution >= 4 is 34.7 Å². The number of halogens is 1. The van der Waals surface area contributed by atoms with E-state index in [1.807, 2.05) is 18.2 Å². The van der Waals surface area contributed by atoms with Gasteiger partial charge in [-0.05, 0) is 23.8 Å². The standard InChI is InChI=1S/C9H6BBrO/c10-4-6-5-12-9-2-1-7(11)3-8(6)9/h1-3,5H,4H2. The summed E-state index contributed by atoms with van der Waals surface area (Å²) >= 11 is 3.40. The van der Waals surface area contributed by atoms with Crippen LogP contribution in [0.25, 0.3) is 11.0 Å². The van der Waals surface area contributed by atoms with Crippen molar-refractivity contribution in [2.75, 3.05) is 0 Å². The van der Waals surface area contributed by atoms with Crippen LogP contribution in [0.2, 0.25) is 0 Å². The smallest absolute Gasteiger partial charge is 0.134 e. The van der Waals surface area contributed by atoms with E-state index in [0.29, 0.717) is 6.32 Å². The van der Waals surface area contributed by atoms with Gasteiger partial charge < -0.3 is 4.42 Å². The van der Waals surface area contributed by atoms with E-state index in [1.54, 1.807) is 6.26 Å². The Kier molecular flexibility index (Phi) is 1.97. The molecule has 0 spiro atoms. The molecule has 0 saturated carbocycles. The third-order valence-corrected chi connectivity index (χ3v) is 2.33. The lowest BCUT2D eigenvalue weighted by Crippen LogP contribution is -1.78. The van der Waals surface area contributed by atoms with Crippen LogP contribution >= 0.6 is 15.9 Å². The lowest BCUT2D eigenvalue weighted by atomic mass is 9.97. The Bertz CT molecular complexity index is 408. The number of hydrogen-bond donors (Lipinski definition) is 0. The van der Waals surface area contributed by atoms with Gasteiger partial charge in [0.15, 0.2) is 0 Å². The molecule has 0 aliphatic carbocycles. The summed E-state index contributed by atoms with van der Waals surface area (Å²) in [4.78, 5) is 0. The Labute approximate surface area is 80.3 Å². The van der Waals surface area contributed by atoms with Crippen molar-refractivity contribution in [1.29, 1.82) is 0 Å². The van der Waals surface area contributed by atoms with Crippen LogP contribution in [0, 0.1) is 0 Å². The summed E-state index contributed by atoms with van der Waals surface area (Å²) in [5.41, 5.74) is 1.94. The fourth-order valence-corrected chi connectivity index (χ4v) is 1.57. The zero-order valence-electron chi connectivity index (χ0n) is 6.38. The van der Waals surface area contributed by atoms with E-state index in [4.69, 9.17) is 12.3 Å². The number of benzene rings is 1. The Morgan fingerprint density at radius 2 is 2.25 bits per heavy atom. The second-order valence-electron chi connectivity index (χ2n) is 2.61. The Morgan fingerprint density at radius 1 is 1.42 bits per heavy atom. The van der Waals surface area contributed by atoms with Crippen LogP contribution in [-0.4, -0.2) is 7.85 Å². The molecule has 0 aliphatic heterocycles. The minimum absolute atomic E-state index is 0.517. The van der Waals surface area contributed by atoms with E-state index in [2.05, 4.69) is 15.9 Å². The molecule has 1 heterocycles. The number of furan rings is 1. The van der Waals surface area contributed by atoms with E-state index in [0.717, 1.165) is 21.0 Å². The van der Waals surface area contributed by atoms with Crippen LogP contribution in [0.15, 0.2) is 33.4 Å². The Morgan fingerprint density at radius 3 is 3.00 bits per heavy atom. The monoisotopic (exact) mass is 220 g/mol. The molecule has 1 nitrogen and oxygen atoms in total. The molecule has 2 radical (unpaired) electrons. The molecule has 2 aromatic rings. The van der Waals surface area contributed by atoms with Gasteiger partial charge in [0.2, 0.25) is 0 Å². The average molecular weight is 221 g/mol. The third-order valence-electron chi connectivity index (χ3n) is 1.84. The topological polar surface area (TPSA) is 13.1 Å². The van der Waals surface area contributed by atoms with Crippen molar-refractivity contribution in [2.45, 2.75) is 6.32 Å². The van der Waals surface area contributed by atoms with E-state index < -0.39 is 0 Å². The maximum atomic E-state index is 5.54. The van der Waals surface area contributed by atoms with Gasteiger partial charge in [0.25, 0.3) is 0 Å². The summed E-state index contributed by atoms with van der Waals surface area (Å²) in [5, 5.41) is 1.09. The van der Waals surface area contributed by atoms with Gasteiger partial charge in [0.05, 0.1) is 14.1 Å². The summed E-state index contributed by atoms with van der Waals surface area (Å²) in [7, 11) is 5.54. The molecule has 0 atom stereocenters. The molecule has 0 unspecified atom stereocenters. The molecule has 58 valence electrons. The third kappa shape index (κ3) is 1.18. The summed E-state index contributed by atoms with van der Waals surface area (Å²) in [5.74, 6) is 0. The fourth-order valence-electron chi connectivity index (χ4n) is 1.21. The van der Waals surface area contributed by atoms with Gasteiger partial charge in [-0.3, -0.25) is 0 Å². The first-order valence-corrected chi connectivity index (χ1v) is 4.46. The van der Waals surface area contributed by atoms with Gasteiger partial charge >= 0.3 is 0 Å². The van der Waals surface area contributed by atoms with Crippen molar-refractivity contribution < 1.29 is 4.42 Å². The summed E-state index contributed by atoms with van der Waals surface area (Å²) < 4.78 is 6.34. The van der Waals surface area contributed by atoms with Crippen molar-refractivity contribution in [2.24, 2.45) is 0 Å². The molecule has 3 heteroatoms. The van der Waals surface area contributed by atoms with Gasteiger partial charge in [0.1, 0.15) is 5.58 Å². The Hall–Kier alpha value is -0.695. The number of hydrogen-bond acceptors (Lipinski definition) is 1. The minimum atomic E-state index is 0.517. The summed E-state index contributed by atoms with van der Waals surface area (Å²) in [6.45, 7) is 0. The first-order chi connectivity index (χ1) is 5.81. The first-order valence-electron chi connectivity index (χ1n) is 3.67. The normalized spacial score (nSPS) is 10.8. The first kappa shape index (κ1) is 7.93. The fraction of sp³-hybridized carbons (Fsp3) is 0.111. The molecule has 0 N–H and O–H groups in total. The van der Waals surface area contributed by atoms with Crippen LogP contribution in [0.3, 0.4) is 0 Å². The summed E-state index contributed by atoms with van der Waals surface area (Å²) in [6.07, 6.45) is 2.22. The maximum absolute atomic E-state index is 5.54. The second-order valence-corrected chi connectivity index (χ2v) is 3.52. The van der Waals surface area contributed by atoms with Crippen LogP contribution in [0.4, 0.5) is 0 Å². The molecule has 0 bridgehead atoms. The molecular weight excluding hydrogens is 215 g/mol. The zero-order valence-corrected chi connectivity index (χ0v) is 7.97. The molecule has 2 rings (SSSR count). The van der Waals surface area contributed by atoms with Gasteiger partial charge in [-0.15, -0.1) is 0 Å². The van der Waals surface area contributed by atoms with Crippen molar-refractivity contribution in [3.63, 3.8) is 0 Å². The van der Waals surface area contributed by atoms with Crippen LogP contribution in [0.1, 0.15) is 5.56 Å². The van der Waals surface area contributed by atoms with Gasteiger partial charge in [-0.2, -0.15) is 0 Å². The van der Waals surface area contributed by atoms with Gasteiger partial charge in [0, 0.05) is 9.86 Å². The van der Waals surface area contributed by atoms with Crippen molar-refractivity contribution in [1.82, 2.24) is 0 Å². The highest BCUT2D eigenvalue weighted by Gasteiger charge is 2.02. The molecule has 0 fully saturated rings. The Balaban J connectivity index is 2.75. The molecule has 0 saturated heterocycles. The lowest BCUT2D eigenvalue weighted by Gasteiger charge is -1.92. The highest BCUT2D eigenvalue weighted by Crippen LogP contribution is 2.24. The predicted molar refractivity (Wildman–Crippen MR) is 53.4 cm³/mol. The minimum Gasteiger partial charge on any atom is -0.464 e. The second kappa shape index (κ2) is 2.98. The lowest BCUT2D eigenvalue weighted by molar-refractivity contribution is 0.612. The number of fused-ring (bicyclic) bond motifs is 1. The van der Waals surface area contributed by atoms with E-state index >= 15 is 0 Å². The molecule has 1 aromatic carbocycles. The van der Waals surface area contributed by atoms with E-state index in [-0.39, 0.29) is 0 Å². The molecule has 0 aliphatic rings. The average Bonchev–Trinajstić information content (AvgIpc) is 2.46. The summed E-state index contributed by atoms with van der Waals surface area (Å²) in [6, 6.07) is 5.89. The van der Waals surface area contributed by atoms with E-state index in [1.165, 1.54) is 0 Å². The van der Waals surface area contributed by atoms with Crippen molar-refractivity contribution in [3.8, 4) is 0 Å². The molecule has 1 aromatic heterocycles. The number of rotatable bonds is 1. The molecule has 0 amide bonds. The maximum Gasteiger partial charge on any atom is 0.134 e. The van der Waals surface area contributed by atoms with E-state index in [9.17, 15) is 0 Å². The van der Waals surface area contributed by atoms with Crippen molar-refractivity contribution in [3.05, 3.63) is 34.5 Å². The van der Waals surface area contributed by atoms with Crippen LogP contribution < -0.4 is 0 Å². The molecular formula is C9H6BBrO. The largest absolute Gasteiger partial charge is 0.464 e. The highest BCUT2D eigenvalue weighted by atomic mass is 79.9. The van der Waals surface area contributed by atoms with Crippen LogP contribution in [-0.2, 0) is 6.32 Å².